The maximum atomic E-state index is 11.7. The summed E-state index contributed by atoms with van der Waals surface area (Å²) in [5.41, 5.74) is 2.45. The van der Waals surface area contributed by atoms with Gasteiger partial charge < -0.3 is 9.84 Å². The van der Waals surface area contributed by atoms with Gasteiger partial charge in [0.05, 0.1) is 0 Å². The predicted molar refractivity (Wildman–Crippen MR) is 88.4 cm³/mol. The quantitative estimate of drug-likeness (QED) is 0.655. The molecule has 0 heterocycles. The maximum absolute atomic E-state index is 11.7. The average Bonchev–Trinajstić information content (AvgIpc) is 2.57. The minimum absolute atomic E-state index is 0.132. The van der Waals surface area contributed by atoms with Crippen molar-refractivity contribution in [1.29, 1.82) is 0 Å². The Morgan fingerprint density at radius 3 is 2.35 bits per heavy atom. The van der Waals surface area contributed by atoms with Crippen molar-refractivity contribution in [3.05, 3.63) is 83.4 Å². The van der Waals surface area contributed by atoms with Gasteiger partial charge in [-0.3, -0.25) is 0 Å². The van der Waals surface area contributed by atoms with E-state index in [1.54, 1.807) is 24.3 Å². The molecule has 116 valence electrons. The molecule has 0 aliphatic rings. The summed E-state index contributed by atoms with van der Waals surface area (Å²) in [6, 6.07) is 16.6. The monoisotopic (exact) mass is 308 g/mol. The Labute approximate surface area is 134 Å². The van der Waals surface area contributed by atoms with Crippen LogP contribution in [0.15, 0.2) is 66.7 Å². The average molecular weight is 308 g/mol. The molecule has 0 aliphatic carbocycles. The number of hydrogen-bond acceptors (Lipinski definition) is 3. The van der Waals surface area contributed by atoms with Gasteiger partial charge in [0.15, 0.2) is 0 Å². The van der Waals surface area contributed by atoms with Gasteiger partial charge in [-0.1, -0.05) is 48.5 Å². The molecule has 0 radical (unpaired) electrons. The molecule has 0 bridgehead atoms. The molecule has 0 unspecified atom stereocenters. The summed E-state index contributed by atoms with van der Waals surface area (Å²) in [6.07, 6.45) is 5.62. The van der Waals surface area contributed by atoms with Crippen LogP contribution in [0.4, 0.5) is 0 Å². The zero-order chi connectivity index (χ0) is 16.5. The van der Waals surface area contributed by atoms with Gasteiger partial charge >= 0.3 is 11.9 Å². The van der Waals surface area contributed by atoms with E-state index >= 15 is 0 Å². The van der Waals surface area contributed by atoms with Crippen LogP contribution in [0, 0.1) is 0 Å². The van der Waals surface area contributed by atoms with Crippen LogP contribution in [0.1, 0.15) is 16.7 Å². The first kappa shape index (κ1) is 16.2. The number of carbonyl (C=O) groups excluding carboxylic acids is 1. The van der Waals surface area contributed by atoms with Crippen LogP contribution >= 0.6 is 0 Å². The number of carbonyl (C=O) groups is 2. The molecule has 4 heteroatoms. The summed E-state index contributed by atoms with van der Waals surface area (Å²) in [6.45, 7) is 0.132. The third-order valence-corrected chi connectivity index (χ3v) is 2.96. The highest BCUT2D eigenvalue weighted by molar-refractivity contribution is 5.87. The molecular weight excluding hydrogens is 292 g/mol. The van der Waals surface area contributed by atoms with Gasteiger partial charge in [-0.05, 0) is 34.9 Å². The van der Waals surface area contributed by atoms with Gasteiger partial charge in [-0.25, -0.2) is 9.59 Å². The molecule has 2 aromatic carbocycles. The van der Waals surface area contributed by atoms with E-state index in [4.69, 9.17) is 9.84 Å². The lowest BCUT2D eigenvalue weighted by Gasteiger charge is -2.03. The largest absolute Gasteiger partial charge is 0.478 e. The van der Waals surface area contributed by atoms with E-state index in [1.165, 1.54) is 12.2 Å². The SMILES string of the molecule is O=C(O)/C=C/c1cccc(COC(=O)/C=C/c2ccccc2)c1. The fourth-order valence-electron chi connectivity index (χ4n) is 1.89. The zero-order valence-electron chi connectivity index (χ0n) is 12.4. The van der Waals surface area contributed by atoms with Crippen molar-refractivity contribution in [3.63, 3.8) is 0 Å². The number of esters is 1. The lowest BCUT2D eigenvalue weighted by molar-refractivity contribution is -0.139. The predicted octanol–water partition coefficient (Wildman–Crippen LogP) is 3.54. The van der Waals surface area contributed by atoms with Crippen molar-refractivity contribution >= 4 is 24.1 Å². The number of ether oxygens (including phenoxy) is 1. The summed E-state index contributed by atoms with van der Waals surface area (Å²) in [4.78, 5) is 22.2. The Balaban J connectivity index is 1.90. The first-order chi connectivity index (χ1) is 11.1. The van der Waals surface area contributed by atoms with Gasteiger partial charge in [0.1, 0.15) is 6.61 Å². The van der Waals surface area contributed by atoms with Crippen molar-refractivity contribution in [2.75, 3.05) is 0 Å². The normalized spacial score (nSPS) is 11.0. The molecule has 0 atom stereocenters. The molecule has 0 spiro atoms. The van der Waals surface area contributed by atoms with Crippen LogP contribution in [0.5, 0.6) is 0 Å². The Kier molecular flexibility index (Phi) is 5.89. The summed E-state index contributed by atoms with van der Waals surface area (Å²) in [7, 11) is 0. The molecule has 2 aromatic rings. The van der Waals surface area contributed by atoms with E-state index in [0.717, 1.165) is 22.8 Å². The Morgan fingerprint density at radius 2 is 1.61 bits per heavy atom. The van der Waals surface area contributed by atoms with Gasteiger partial charge in [-0.15, -0.1) is 0 Å². The number of hydrogen-bond donors (Lipinski definition) is 1. The Bertz CT molecular complexity index is 730. The molecule has 0 amide bonds. The minimum Gasteiger partial charge on any atom is -0.478 e. The summed E-state index contributed by atoms with van der Waals surface area (Å²) >= 11 is 0. The van der Waals surface area contributed by atoms with Crippen molar-refractivity contribution in [1.82, 2.24) is 0 Å². The van der Waals surface area contributed by atoms with E-state index in [-0.39, 0.29) is 6.61 Å². The molecule has 0 saturated carbocycles. The molecule has 1 N–H and O–H groups in total. The van der Waals surface area contributed by atoms with Crippen LogP contribution in [0.2, 0.25) is 0 Å². The number of rotatable bonds is 6. The standard InChI is InChI=1S/C19H16O4/c20-18(21)11-9-16-7-4-8-17(13-16)14-23-19(22)12-10-15-5-2-1-3-6-15/h1-13H,14H2,(H,20,21)/b11-9+,12-10+. The number of aliphatic carboxylic acids is 1. The van der Waals surface area contributed by atoms with Crippen LogP contribution in [-0.4, -0.2) is 17.0 Å². The van der Waals surface area contributed by atoms with Crippen LogP contribution in [0.25, 0.3) is 12.2 Å². The molecule has 0 saturated heterocycles. The van der Waals surface area contributed by atoms with E-state index < -0.39 is 11.9 Å². The maximum Gasteiger partial charge on any atom is 0.331 e. The van der Waals surface area contributed by atoms with Gasteiger partial charge in [0.25, 0.3) is 0 Å². The van der Waals surface area contributed by atoms with Crippen molar-refractivity contribution in [2.24, 2.45) is 0 Å². The number of benzene rings is 2. The first-order valence-electron chi connectivity index (χ1n) is 7.03. The number of carboxylic acids is 1. The lowest BCUT2D eigenvalue weighted by atomic mass is 10.1. The summed E-state index contributed by atoms with van der Waals surface area (Å²) in [5.74, 6) is -1.44. The zero-order valence-corrected chi connectivity index (χ0v) is 12.4. The number of carboxylic acid groups (broad SMARTS) is 1. The van der Waals surface area contributed by atoms with E-state index in [1.807, 2.05) is 36.4 Å². The smallest absolute Gasteiger partial charge is 0.331 e. The minimum atomic E-state index is -1.01. The molecule has 2 rings (SSSR count). The highest BCUT2D eigenvalue weighted by Gasteiger charge is 2.00. The molecular formula is C19H16O4. The highest BCUT2D eigenvalue weighted by Crippen LogP contribution is 2.09. The van der Waals surface area contributed by atoms with E-state index in [9.17, 15) is 9.59 Å². The van der Waals surface area contributed by atoms with Crippen molar-refractivity contribution < 1.29 is 19.4 Å². The van der Waals surface area contributed by atoms with Gasteiger partial charge in [0.2, 0.25) is 0 Å². The highest BCUT2D eigenvalue weighted by atomic mass is 16.5. The fraction of sp³-hybridized carbons (Fsp3) is 0.0526. The molecule has 0 aromatic heterocycles. The third kappa shape index (κ3) is 6.01. The fourth-order valence-corrected chi connectivity index (χ4v) is 1.89. The Morgan fingerprint density at radius 1 is 0.913 bits per heavy atom. The second-order valence-corrected chi connectivity index (χ2v) is 4.77. The van der Waals surface area contributed by atoms with Gasteiger partial charge in [-0.2, -0.15) is 0 Å². The topological polar surface area (TPSA) is 63.6 Å². The third-order valence-electron chi connectivity index (χ3n) is 2.96. The second kappa shape index (κ2) is 8.34. The Hall–Kier alpha value is -3.14. The molecule has 4 nitrogen and oxygen atoms in total. The van der Waals surface area contributed by atoms with E-state index in [2.05, 4.69) is 0 Å². The van der Waals surface area contributed by atoms with Crippen LogP contribution in [0.3, 0.4) is 0 Å². The summed E-state index contributed by atoms with van der Waals surface area (Å²) in [5, 5.41) is 8.61. The summed E-state index contributed by atoms with van der Waals surface area (Å²) < 4.78 is 5.16. The van der Waals surface area contributed by atoms with Crippen molar-refractivity contribution in [2.45, 2.75) is 6.61 Å². The molecule has 23 heavy (non-hydrogen) atoms. The molecule has 0 fully saturated rings. The van der Waals surface area contributed by atoms with Gasteiger partial charge in [0, 0.05) is 12.2 Å². The second-order valence-electron chi connectivity index (χ2n) is 4.77. The van der Waals surface area contributed by atoms with Crippen molar-refractivity contribution in [3.8, 4) is 0 Å². The van der Waals surface area contributed by atoms with Crippen LogP contribution < -0.4 is 0 Å². The van der Waals surface area contributed by atoms with Crippen LogP contribution in [-0.2, 0) is 20.9 Å². The lowest BCUT2D eigenvalue weighted by Crippen LogP contribution is -2.00. The van der Waals surface area contributed by atoms with E-state index in [0.29, 0.717) is 0 Å². The first-order valence-corrected chi connectivity index (χ1v) is 7.03. The molecule has 0 aliphatic heterocycles.